The Morgan fingerprint density at radius 3 is 2.42 bits per heavy atom. The summed E-state index contributed by atoms with van der Waals surface area (Å²) in [6.07, 6.45) is 0.564. The highest BCUT2D eigenvalue weighted by Gasteiger charge is 2.35. The van der Waals surface area contributed by atoms with Gasteiger partial charge >= 0.3 is 0 Å². The fourth-order valence-electron chi connectivity index (χ4n) is 2.19. The Hall–Kier alpha value is -1.80. The van der Waals surface area contributed by atoms with Crippen LogP contribution in [-0.4, -0.2) is 35.6 Å². The Labute approximate surface area is 114 Å². The van der Waals surface area contributed by atoms with E-state index >= 15 is 0 Å². The van der Waals surface area contributed by atoms with Crippen molar-refractivity contribution in [2.45, 2.75) is 18.9 Å². The van der Waals surface area contributed by atoms with E-state index in [-0.39, 0.29) is 16.1 Å². The average molecular weight is 284 g/mol. The van der Waals surface area contributed by atoms with Crippen molar-refractivity contribution in [3.05, 3.63) is 10.4 Å². The van der Waals surface area contributed by atoms with Crippen LogP contribution in [0.5, 0.6) is 0 Å². The number of nitrogen functional groups attached to an aromatic ring is 1. The van der Waals surface area contributed by atoms with Crippen LogP contribution in [0, 0.1) is 0 Å². The molecule has 1 aromatic heterocycles. The van der Waals surface area contributed by atoms with Gasteiger partial charge in [0.05, 0.1) is 16.9 Å². The van der Waals surface area contributed by atoms with Crippen LogP contribution >= 0.6 is 11.3 Å². The van der Waals surface area contributed by atoms with Crippen LogP contribution in [0.2, 0.25) is 0 Å². The molecule has 104 valence electrons. The van der Waals surface area contributed by atoms with Gasteiger partial charge in [-0.05, 0) is 13.3 Å². The summed E-state index contributed by atoms with van der Waals surface area (Å²) in [5.41, 5.74) is 15.6. The maximum atomic E-state index is 11.5. The summed E-state index contributed by atoms with van der Waals surface area (Å²) >= 11 is 1.03. The predicted octanol–water partition coefficient (Wildman–Crippen LogP) is -0.511. The van der Waals surface area contributed by atoms with Crippen LogP contribution in [0.1, 0.15) is 33.4 Å². The Bertz CT molecular complexity index is 552. The molecule has 0 spiro atoms. The molecule has 2 rings (SSSR count). The zero-order chi connectivity index (χ0) is 14.4. The first-order valence-electron chi connectivity index (χ1n) is 5.72. The molecule has 1 aromatic rings. The van der Waals surface area contributed by atoms with E-state index in [1.807, 2.05) is 0 Å². The highest BCUT2D eigenvalue weighted by atomic mass is 32.1. The maximum Gasteiger partial charge on any atom is 0.260 e. The van der Waals surface area contributed by atoms with E-state index in [9.17, 15) is 14.7 Å². The molecule has 1 atom stereocenters. The van der Waals surface area contributed by atoms with Crippen molar-refractivity contribution in [3.8, 4) is 0 Å². The van der Waals surface area contributed by atoms with E-state index in [2.05, 4.69) is 0 Å². The molecule has 7 nitrogen and oxygen atoms in total. The second kappa shape index (κ2) is 4.39. The number of rotatable bonds is 3. The standard InChI is InChI=1S/C11H16N4O3S/c1-11(18)2-3-15(4-11)10-5(8(13)16)6(12)7(19-10)9(14)17/h18H,2-4,12H2,1H3,(H2,13,16)(H2,14,17). The third-order valence-corrected chi connectivity index (χ3v) is 4.42. The Morgan fingerprint density at radius 1 is 1.37 bits per heavy atom. The van der Waals surface area contributed by atoms with Crippen LogP contribution in [0.4, 0.5) is 10.7 Å². The molecule has 1 fully saturated rings. The zero-order valence-electron chi connectivity index (χ0n) is 10.5. The first-order chi connectivity index (χ1) is 8.73. The molecule has 2 heterocycles. The van der Waals surface area contributed by atoms with Crippen molar-refractivity contribution in [2.24, 2.45) is 11.5 Å². The molecule has 0 bridgehead atoms. The number of β-amino-alcohol motifs (C(OH)–C–C–N with tert-alkyl or cyclic N) is 1. The summed E-state index contributed by atoms with van der Waals surface area (Å²) in [7, 11) is 0. The minimum absolute atomic E-state index is 0.0199. The topological polar surface area (TPSA) is 136 Å². The van der Waals surface area contributed by atoms with E-state index < -0.39 is 17.4 Å². The van der Waals surface area contributed by atoms with Gasteiger partial charge in [-0.1, -0.05) is 0 Å². The van der Waals surface area contributed by atoms with Crippen molar-refractivity contribution < 1.29 is 14.7 Å². The molecule has 1 unspecified atom stereocenters. The molecule has 1 saturated heterocycles. The van der Waals surface area contributed by atoms with Crippen molar-refractivity contribution in [1.29, 1.82) is 0 Å². The number of hydrogen-bond acceptors (Lipinski definition) is 6. The normalized spacial score (nSPS) is 22.7. The summed E-state index contributed by atoms with van der Waals surface area (Å²) < 4.78 is 0. The van der Waals surface area contributed by atoms with Crippen molar-refractivity contribution in [3.63, 3.8) is 0 Å². The average Bonchev–Trinajstić information content (AvgIpc) is 2.78. The highest BCUT2D eigenvalue weighted by molar-refractivity contribution is 7.19. The Kier molecular flexibility index (Phi) is 3.15. The van der Waals surface area contributed by atoms with Crippen molar-refractivity contribution >= 4 is 33.8 Å². The Balaban J connectivity index is 2.48. The van der Waals surface area contributed by atoms with Crippen LogP contribution in [-0.2, 0) is 0 Å². The van der Waals surface area contributed by atoms with E-state index in [4.69, 9.17) is 17.2 Å². The first kappa shape index (κ1) is 13.6. The highest BCUT2D eigenvalue weighted by Crippen LogP contribution is 2.40. The van der Waals surface area contributed by atoms with Crippen LogP contribution in [0.15, 0.2) is 0 Å². The number of carbonyl (C=O) groups is 2. The zero-order valence-corrected chi connectivity index (χ0v) is 11.3. The minimum atomic E-state index is -0.833. The van der Waals surface area contributed by atoms with E-state index in [0.717, 1.165) is 11.3 Å². The fourth-order valence-corrected chi connectivity index (χ4v) is 3.30. The predicted molar refractivity (Wildman–Crippen MR) is 73.2 cm³/mol. The second-order valence-electron chi connectivity index (χ2n) is 4.92. The summed E-state index contributed by atoms with van der Waals surface area (Å²) in [4.78, 5) is 24.7. The SMILES string of the molecule is CC1(O)CCN(c2sc(C(N)=O)c(N)c2C(N)=O)C1. The molecule has 8 heteroatoms. The van der Waals surface area contributed by atoms with Crippen LogP contribution in [0.25, 0.3) is 0 Å². The lowest BCUT2D eigenvalue weighted by atomic mass is 10.1. The fraction of sp³-hybridized carbons (Fsp3) is 0.455. The smallest absolute Gasteiger partial charge is 0.260 e. The van der Waals surface area contributed by atoms with Crippen LogP contribution in [0.3, 0.4) is 0 Å². The number of nitrogens with zero attached hydrogens (tertiary/aromatic N) is 1. The van der Waals surface area contributed by atoms with Gasteiger partial charge in [-0.2, -0.15) is 0 Å². The van der Waals surface area contributed by atoms with Crippen LogP contribution < -0.4 is 22.1 Å². The third-order valence-electron chi connectivity index (χ3n) is 3.14. The minimum Gasteiger partial charge on any atom is -0.397 e. The number of aliphatic hydroxyl groups is 1. The van der Waals surface area contributed by atoms with Gasteiger partial charge < -0.3 is 27.2 Å². The van der Waals surface area contributed by atoms with Gasteiger partial charge in [0, 0.05) is 13.1 Å². The third kappa shape index (κ3) is 2.36. The molecule has 19 heavy (non-hydrogen) atoms. The lowest BCUT2D eigenvalue weighted by Crippen LogP contribution is -2.30. The first-order valence-corrected chi connectivity index (χ1v) is 6.54. The van der Waals surface area contributed by atoms with E-state index in [1.165, 1.54) is 0 Å². The molecule has 0 radical (unpaired) electrons. The van der Waals surface area contributed by atoms with Gasteiger partial charge in [0.25, 0.3) is 11.8 Å². The van der Waals surface area contributed by atoms with Gasteiger partial charge in [-0.25, -0.2) is 0 Å². The number of thiophene rings is 1. The molecule has 0 aromatic carbocycles. The molecule has 0 saturated carbocycles. The number of hydrogen-bond donors (Lipinski definition) is 4. The van der Waals surface area contributed by atoms with Gasteiger partial charge in [0.1, 0.15) is 9.88 Å². The number of carbonyl (C=O) groups excluding carboxylic acids is 2. The Morgan fingerprint density at radius 2 is 2.00 bits per heavy atom. The lowest BCUT2D eigenvalue weighted by molar-refractivity contribution is 0.0838. The van der Waals surface area contributed by atoms with Gasteiger partial charge in [-0.15, -0.1) is 11.3 Å². The monoisotopic (exact) mass is 284 g/mol. The summed E-state index contributed by atoms with van der Waals surface area (Å²) in [5, 5.41) is 10.5. The molecule has 1 aliphatic heterocycles. The van der Waals surface area contributed by atoms with Gasteiger partial charge in [0.15, 0.2) is 0 Å². The second-order valence-corrected chi connectivity index (χ2v) is 5.92. The largest absolute Gasteiger partial charge is 0.397 e. The van der Waals surface area contributed by atoms with Crippen molar-refractivity contribution in [2.75, 3.05) is 23.7 Å². The van der Waals surface area contributed by atoms with Gasteiger partial charge in [0.2, 0.25) is 0 Å². The quantitative estimate of drug-likeness (QED) is 0.592. The molecular weight excluding hydrogens is 268 g/mol. The number of anilines is 2. The molecule has 1 aliphatic rings. The van der Waals surface area contributed by atoms with Crippen molar-refractivity contribution in [1.82, 2.24) is 0 Å². The summed E-state index contributed by atoms with van der Waals surface area (Å²) in [6, 6.07) is 0. The summed E-state index contributed by atoms with van der Waals surface area (Å²) in [6.45, 7) is 2.62. The molecule has 2 amide bonds. The molecule has 7 N–H and O–H groups in total. The molecular formula is C11H16N4O3S. The summed E-state index contributed by atoms with van der Waals surface area (Å²) in [5.74, 6) is -1.40. The maximum absolute atomic E-state index is 11.5. The van der Waals surface area contributed by atoms with E-state index in [1.54, 1.807) is 11.8 Å². The number of nitrogens with two attached hydrogens (primary N) is 3. The molecule has 0 aliphatic carbocycles. The van der Waals surface area contributed by atoms with Gasteiger partial charge in [-0.3, -0.25) is 9.59 Å². The lowest BCUT2D eigenvalue weighted by Gasteiger charge is -2.20. The number of amides is 2. The van der Waals surface area contributed by atoms with E-state index in [0.29, 0.717) is 24.5 Å². The number of primary amides is 2.